The number of aliphatic carboxylic acids is 1. The zero-order valence-corrected chi connectivity index (χ0v) is 12.5. The van der Waals surface area contributed by atoms with Gasteiger partial charge in [-0.25, -0.2) is 4.79 Å². The van der Waals surface area contributed by atoms with Gasteiger partial charge in [0.1, 0.15) is 6.04 Å². The lowest BCUT2D eigenvalue weighted by molar-refractivity contribution is -0.139. The Bertz CT molecular complexity index is 488. The van der Waals surface area contributed by atoms with Crippen molar-refractivity contribution in [2.75, 3.05) is 0 Å². The molecule has 0 aliphatic carbocycles. The van der Waals surface area contributed by atoms with Gasteiger partial charge in [0.25, 0.3) is 5.91 Å². The minimum atomic E-state index is -1.10. The van der Waals surface area contributed by atoms with Crippen LogP contribution in [0.3, 0.4) is 0 Å². The molecule has 0 saturated carbocycles. The smallest absolute Gasteiger partial charge is 0.326 e. The first-order valence-corrected chi connectivity index (χ1v) is 6.61. The van der Waals surface area contributed by atoms with Gasteiger partial charge < -0.3 is 10.4 Å². The molecule has 0 radical (unpaired) electrons. The van der Waals surface area contributed by atoms with Crippen molar-refractivity contribution < 1.29 is 14.7 Å². The van der Waals surface area contributed by atoms with E-state index < -0.39 is 17.9 Å². The van der Waals surface area contributed by atoms with Crippen LogP contribution >= 0.6 is 31.9 Å². The highest BCUT2D eigenvalue weighted by Gasteiger charge is 2.20. The summed E-state index contributed by atoms with van der Waals surface area (Å²) >= 11 is 6.33. The van der Waals surface area contributed by atoms with E-state index in [0.717, 1.165) is 4.47 Å². The molecule has 0 heterocycles. The van der Waals surface area contributed by atoms with Crippen LogP contribution in [-0.4, -0.2) is 23.0 Å². The molecule has 0 aromatic heterocycles. The van der Waals surface area contributed by atoms with E-state index in [2.05, 4.69) is 43.8 Å². The van der Waals surface area contributed by atoms with Gasteiger partial charge in [0, 0.05) is 16.5 Å². The van der Waals surface area contributed by atoms with Crippen molar-refractivity contribution in [3.8, 4) is 0 Å². The van der Waals surface area contributed by atoms with Gasteiger partial charge in [-0.2, -0.15) is 0 Å². The summed E-state index contributed by atoms with van der Waals surface area (Å²) in [5, 5.41) is 11.4. The number of carbonyl (C=O) groups is 2. The Morgan fingerprint density at radius 1 is 1.44 bits per heavy atom. The van der Waals surface area contributed by atoms with Crippen LogP contribution < -0.4 is 5.32 Å². The molecule has 1 rings (SSSR count). The molecule has 0 unspecified atom stereocenters. The number of halogens is 2. The second-order valence-electron chi connectivity index (χ2n) is 3.60. The zero-order chi connectivity index (χ0) is 13.7. The van der Waals surface area contributed by atoms with Crippen LogP contribution in [-0.2, 0) is 4.79 Å². The predicted octanol–water partition coefficient (Wildman–Crippen LogP) is 2.93. The number of hydrogen-bond donors (Lipinski definition) is 2. The third-order valence-corrected chi connectivity index (χ3v) is 2.93. The fourth-order valence-electron chi connectivity index (χ4n) is 1.29. The average Bonchev–Trinajstić information content (AvgIpc) is 2.27. The maximum atomic E-state index is 11.9. The van der Waals surface area contributed by atoms with E-state index in [9.17, 15) is 9.59 Å². The van der Waals surface area contributed by atoms with Crippen LogP contribution in [0.4, 0.5) is 0 Å². The quantitative estimate of drug-likeness (QED) is 0.830. The predicted molar refractivity (Wildman–Crippen MR) is 75.7 cm³/mol. The molecule has 0 aliphatic rings. The fourth-order valence-corrected chi connectivity index (χ4v) is 2.02. The van der Waals surface area contributed by atoms with Gasteiger partial charge in [-0.15, -0.1) is 0 Å². The summed E-state index contributed by atoms with van der Waals surface area (Å²) in [6, 6.07) is 5.73. The summed E-state index contributed by atoms with van der Waals surface area (Å²) in [7, 11) is 0. The average molecular weight is 377 g/mol. The SMILES string of the molecule is C=C(Br)C[C@@H](NC(=O)c1cccc(Br)c1)C(=O)O. The summed E-state index contributed by atoms with van der Waals surface area (Å²) in [5.74, 6) is -1.53. The first kappa shape index (κ1) is 14.9. The standard InChI is InChI=1S/C12H11Br2NO3/c1-7(13)5-10(12(17)18)15-11(16)8-3-2-4-9(14)6-8/h2-4,6,10H,1,5H2,(H,15,16)(H,17,18)/t10-/m1/s1. The fraction of sp³-hybridized carbons (Fsp3) is 0.167. The second kappa shape index (κ2) is 6.70. The lowest BCUT2D eigenvalue weighted by Gasteiger charge is -2.13. The Labute approximate surface area is 121 Å². The molecule has 1 aromatic rings. The highest BCUT2D eigenvalue weighted by atomic mass is 79.9. The number of nitrogens with one attached hydrogen (secondary N) is 1. The van der Waals surface area contributed by atoms with E-state index in [1.54, 1.807) is 24.3 Å². The third kappa shape index (κ3) is 4.62. The normalized spacial score (nSPS) is 11.7. The highest BCUT2D eigenvalue weighted by Crippen LogP contribution is 2.13. The van der Waals surface area contributed by atoms with Gasteiger partial charge in [0.2, 0.25) is 0 Å². The lowest BCUT2D eigenvalue weighted by atomic mass is 10.1. The number of amides is 1. The molecule has 2 N–H and O–H groups in total. The molecular formula is C12H11Br2NO3. The molecule has 0 bridgehead atoms. The van der Waals surface area contributed by atoms with Gasteiger partial charge in [0.05, 0.1) is 0 Å². The van der Waals surface area contributed by atoms with Crippen molar-refractivity contribution in [3.05, 3.63) is 45.4 Å². The molecule has 0 aliphatic heterocycles. The van der Waals surface area contributed by atoms with Crippen LogP contribution in [0.15, 0.2) is 39.8 Å². The van der Waals surface area contributed by atoms with E-state index in [1.165, 1.54) is 0 Å². The van der Waals surface area contributed by atoms with Crippen LogP contribution in [0.25, 0.3) is 0 Å². The molecule has 0 spiro atoms. The second-order valence-corrected chi connectivity index (χ2v) is 5.63. The highest BCUT2D eigenvalue weighted by molar-refractivity contribution is 9.11. The van der Waals surface area contributed by atoms with Crippen molar-refractivity contribution in [3.63, 3.8) is 0 Å². The largest absolute Gasteiger partial charge is 0.480 e. The van der Waals surface area contributed by atoms with E-state index >= 15 is 0 Å². The van der Waals surface area contributed by atoms with Crippen LogP contribution in [0.5, 0.6) is 0 Å². The van der Waals surface area contributed by atoms with Crippen LogP contribution in [0, 0.1) is 0 Å². The van der Waals surface area contributed by atoms with Crippen molar-refractivity contribution in [1.29, 1.82) is 0 Å². The molecule has 0 saturated heterocycles. The summed E-state index contributed by atoms with van der Waals surface area (Å²) in [5.41, 5.74) is 0.399. The molecule has 1 atom stereocenters. The Hall–Kier alpha value is -1.14. The van der Waals surface area contributed by atoms with Crippen molar-refractivity contribution in [1.82, 2.24) is 5.32 Å². The zero-order valence-electron chi connectivity index (χ0n) is 9.32. The molecule has 4 nitrogen and oxygen atoms in total. The summed E-state index contributed by atoms with van der Waals surface area (Å²) in [6.45, 7) is 3.57. The van der Waals surface area contributed by atoms with E-state index in [0.29, 0.717) is 10.0 Å². The number of carboxylic acids is 1. The Kier molecular flexibility index (Phi) is 5.55. The van der Waals surface area contributed by atoms with Gasteiger partial charge in [-0.05, 0) is 22.7 Å². The van der Waals surface area contributed by atoms with Crippen LogP contribution in [0.2, 0.25) is 0 Å². The lowest BCUT2D eigenvalue weighted by Crippen LogP contribution is -2.40. The topological polar surface area (TPSA) is 66.4 Å². The van der Waals surface area contributed by atoms with Crippen LogP contribution in [0.1, 0.15) is 16.8 Å². The van der Waals surface area contributed by atoms with Gasteiger partial charge in [-0.1, -0.05) is 44.5 Å². The molecule has 6 heteroatoms. The number of rotatable bonds is 5. The maximum Gasteiger partial charge on any atom is 0.326 e. The Morgan fingerprint density at radius 3 is 2.61 bits per heavy atom. The molecule has 1 amide bonds. The van der Waals surface area contributed by atoms with E-state index in [-0.39, 0.29) is 6.42 Å². The third-order valence-electron chi connectivity index (χ3n) is 2.12. The van der Waals surface area contributed by atoms with E-state index in [4.69, 9.17) is 5.11 Å². The molecule has 96 valence electrons. The van der Waals surface area contributed by atoms with Crippen molar-refractivity contribution >= 4 is 43.7 Å². The van der Waals surface area contributed by atoms with Gasteiger partial charge >= 0.3 is 5.97 Å². The first-order chi connectivity index (χ1) is 8.40. The Balaban J connectivity index is 2.78. The van der Waals surface area contributed by atoms with Gasteiger partial charge in [0.15, 0.2) is 0 Å². The summed E-state index contributed by atoms with van der Waals surface area (Å²) in [4.78, 5) is 22.8. The van der Waals surface area contributed by atoms with Gasteiger partial charge in [-0.3, -0.25) is 4.79 Å². The molecule has 1 aromatic carbocycles. The number of carboxylic acid groups (broad SMARTS) is 1. The summed E-state index contributed by atoms with van der Waals surface area (Å²) < 4.78 is 1.27. The number of carbonyl (C=O) groups excluding carboxylic acids is 1. The monoisotopic (exact) mass is 375 g/mol. The number of benzene rings is 1. The molecule has 0 fully saturated rings. The first-order valence-electron chi connectivity index (χ1n) is 5.02. The van der Waals surface area contributed by atoms with Crippen molar-refractivity contribution in [2.24, 2.45) is 0 Å². The summed E-state index contributed by atoms with van der Waals surface area (Å²) in [6.07, 6.45) is 0.134. The molecule has 18 heavy (non-hydrogen) atoms. The molecular weight excluding hydrogens is 366 g/mol. The number of hydrogen-bond acceptors (Lipinski definition) is 2. The minimum Gasteiger partial charge on any atom is -0.480 e. The van der Waals surface area contributed by atoms with Crippen molar-refractivity contribution in [2.45, 2.75) is 12.5 Å². The van der Waals surface area contributed by atoms with E-state index in [1.807, 2.05) is 0 Å². The minimum absolute atomic E-state index is 0.134. The maximum absolute atomic E-state index is 11.9. The Morgan fingerprint density at radius 2 is 2.11 bits per heavy atom.